The molecule has 0 aromatic heterocycles. The van der Waals surface area contributed by atoms with Crippen molar-refractivity contribution >= 4 is 11.6 Å². The topological polar surface area (TPSA) is 34.1 Å². The van der Waals surface area contributed by atoms with E-state index < -0.39 is 23.8 Å². The van der Waals surface area contributed by atoms with Crippen molar-refractivity contribution in [3.63, 3.8) is 0 Å². The molecular weight excluding hydrogens is 209 g/mol. The van der Waals surface area contributed by atoms with Crippen LogP contribution < -0.4 is 0 Å². The maximum absolute atomic E-state index is 12.1. The minimum absolute atomic E-state index is 0.0386. The van der Waals surface area contributed by atoms with E-state index >= 15 is 0 Å². The molecule has 0 bridgehead atoms. The highest BCUT2D eigenvalue weighted by atomic mass is 19.4. The van der Waals surface area contributed by atoms with Crippen molar-refractivity contribution in [3.8, 4) is 0 Å². The van der Waals surface area contributed by atoms with Gasteiger partial charge in [0.05, 0.1) is 0 Å². The molecule has 0 unspecified atom stereocenters. The largest absolute Gasteiger partial charge is 0.398 e. The first-order valence-corrected chi connectivity index (χ1v) is 4.86. The molecule has 1 aliphatic carbocycles. The SMILES string of the molecule is CC(C)C(=O)C[C@@H]1C[C@H](C(F)(F)F)C1=O. The van der Waals surface area contributed by atoms with Crippen molar-refractivity contribution in [2.75, 3.05) is 0 Å². The number of halogens is 3. The van der Waals surface area contributed by atoms with Gasteiger partial charge >= 0.3 is 6.18 Å². The van der Waals surface area contributed by atoms with Gasteiger partial charge in [0, 0.05) is 18.3 Å². The lowest BCUT2D eigenvalue weighted by molar-refractivity contribution is -0.202. The van der Waals surface area contributed by atoms with Gasteiger partial charge in [-0.05, 0) is 6.42 Å². The fourth-order valence-electron chi connectivity index (χ4n) is 1.60. The Balaban J connectivity index is 2.47. The molecule has 0 aliphatic heterocycles. The summed E-state index contributed by atoms with van der Waals surface area (Å²) in [4.78, 5) is 22.3. The maximum atomic E-state index is 12.1. The summed E-state index contributed by atoms with van der Waals surface area (Å²) in [6.45, 7) is 3.35. The molecule has 5 heteroatoms. The van der Waals surface area contributed by atoms with Gasteiger partial charge < -0.3 is 0 Å². The van der Waals surface area contributed by atoms with Crippen LogP contribution in [0.4, 0.5) is 13.2 Å². The Kier molecular flexibility index (Phi) is 3.21. The van der Waals surface area contributed by atoms with Crippen molar-refractivity contribution in [3.05, 3.63) is 0 Å². The van der Waals surface area contributed by atoms with Gasteiger partial charge in [-0.3, -0.25) is 9.59 Å². The predicted octanol–water partition coefficient (Wildman–Crippen LogP) is 2.37. The lowest BCUT2D eigenvalue weighted by atomic mass is 9.70. The first-order valence-electron chi connectivity index (χ1n) is 4.86. The second-order valence-electron chi connectivity index (χ2n) is 4.25. The van der Waals surface area contributed by atoms with E-state index in [2.05, 4.69) is 0 Å². The van der Waals surface area contributed by atoms with Gasteiger partial charge in [0.2, 0.25) is 0 Å². The third-order valence-electron chi connectivity index (χ3n) is 2.75. The minimum Gasteiger partial charge on any atom is -0.299 e. The summed E-state index contributed by atoms with van der Waals surface area (Å²) in [5.74, 6) is -3.72. The summed E-state index contributed by atoms with van der Waals surface area (Å²) < 4.78 is 36.3. The molecule has 1 rings (SSSR count). The molecule has 0 heterocycles. The van der Waals surface area contributed by atoms with Gasteiger partial charge in [0.25, 0.3) is 0 Å². The second-order valence-corrected chi connectivity index (χ2v) is 4.25. The predicted molar refractivity (Wildman–Crippen MR) is 47.1 cm³/mol. The molecule has 0 aromatic rings. The quantitative estimate of drug-likeness (QED) is 0.734. The Morgan fingerprint density at radius 1 is 1.47 bits per heavy atom. The standard InChI is InChI=1S/C10H13F3O2/c1-5(2)8(14)4-6-3-7(9(6)15)10(11,12)13/h5-7H,3-4H2,1-2H3/t6-,7-/m0/s1. The number of hydrogen-bond acceptors (Lipinski definition) is 2. The van der Waals surface area contributed by atoms with Gasteiger partial charge in [-0.2, -0.15) is 13.2 Å². The second kappa shape index (κ2) is 3.94. The lowest BCUT2D eigenvalue weighted by Gasteiger charge is -2.34. The summed E-state index contributed by atoms with van der Waals surface area (Å²) in [5.41, 5.74) is 0. The van der Waals surface area contributed by atoms with Crippen LogP contribution in [0.1, 0.15) is 26.7 Å². The average molecular weight is 222 g/mol. The van der Waals surface area contributed by atoms with Crippen LogP contribution in [-0.2, 0) is 9.59 Å². The molecule has 2 nitrogen and oxygen atoms in total. The fraction of sp³-hybridized carbons (Fsp3) is 0.800. The number of carbonyl (C=O) groups is 2. The lowest BCUT2D eigenvalue weighted by Crippen LogP contribution is -2.46. The van der Waals surface area contributed by atoms with Crippen LogP contribution in [0.25, 0.3) is 0 Å². The number of hydrogen-bond donors (Lipinski definition) is 0. The van der Waals surface area contributed by atoms with Crippen LogP contribution >= 0.6 is 0 Å². The molecule has 0 spiro atoms. The molecule has 2 atom stereocenters. The Morgan fingerprint density at radius 3 is 2.33 bits per heavy atom. The summed E-state index contributed by atoms with van der Waals surface area (Å²) in [7, 11) is 0. The number of carbonyl (C=O) groups excluding carboxylic acids is 2. The molecule has 0 radical (unpaired) electrons. The highest BCUT2D eigenvalue weighted by Gasteiger charge is 2.55. The Labute approximate surface area is 85.8 Å². The van der Waals surface area contributed by atoms with E-state index in [0.29, 0.717) is 0 Å². The van der Waals surface area contributed by atoms with Crippen LogP contribution in [-0.4, -0.2) is 17.7 Å². The monoisotopic (exact) mass is 222 g/mol. The Morgan fingerprint density at radius 2 is 2.00 bits per heavy atom. The highest BCUT2D eigenvalue weighted by molar-refractivity contribution is 5.94. The fourth-order valence-corrected chi connectivity index (χ4v) is 1.60. The number of alkyl halides is 3. The number of rotatable bonds is 3. The van der Waals surface area contributed by atoms with Crippen LogP contribution in [0.15, 0.2) is 0 Å². The van der Waals surface area contributed by atoms with Crippen LogP contribution in [0, 0.1) is 17.8 Å². The molecule has 1 fully saturated rings. The molecule has 15 heavy (non-hydrogen) atoms. The Hall–Kier alpha value is -0.870. The van der Waals surface area contributed by atoms with Crippen molar-refractivity contribution in [2.45, 2.75) is 32.9 Å². The molecule has 0 saturated heterocycles. The summed E-state index contributed by atoms with van der Waals surface area (Å²) in [5, 5.41) is 0. The summed E-state index contributed by atoms with van der Waals surface area (Å²) >= 11 is 0. The third-order valence-corrected chi connectivity index (χ3v) is 2.75. The van der Waals surface area contributed by atoms with E-state index in [1.165, 1.54) is 0 Å². The molecule has 0 N–H and O–H groups in total. The summed E-state index contributed by atoms with van der Waals surface area (Å²) in [6, 6.07) is 0. The van der Waals surface area contributed by atoms with Gasteiger partial charge in [-0.25, -0.2) is 0 Å². The van der Waals surface area contributed by atoms with E-state index in [1.807, 2.05) is 0 Å². The van der Waals surface area contributed by atoms with E-state index in [-0.39, 0.29) is 24.5 Å². The van der Waals surface area contributed by atoms with Crippen molar-refractivity contribution < 1.29 is 22.8 Å². The first-order chi connectivity index (χ1) is 6.73. The first kappa shape index (κ1) is 12.2. The summed E-state index contributed by atoms with van der Waals surface area (Å²) in [6.07, 6.45) is -4.70. The normalized spacial score (nSPS) is 26.7. The molecule has 0 amide bonds. The minimum atomic E-state index is -4.44. The van der Waals surface area contributed by atoms with Crippen LogP contribution in [0.5, 0.6) is 0 Å². The van der Waals surface area contributed by atoms with E-state index in [9.17, 15) is 22.8 Å². The van der Waals surface area contributed by atoms with Crippen molar-refractivity contribution in [1.29, 1.82) is 0 Å². The maximum Gasteiger partial charge on any atom is 0.398 e. The zero-order valence-electron chi connectivity index (χ0n) is 8.60. The van der Waals surface area contributed by atoms with E-state index in [1.54, 1.807) is 13.8 Å². The van der Waals surface area contributed by atoms with E-state index in [4.69, 9.17) is 0 Å². The zero-order chi connectivity index (χ0) is 11.8. The van der Waals surface area contributed by atoms with Gasteiger partial charge in [-0.1, -0.05) is 13.8 Å². The van der Waals surface area contributed by atoms with Crippen LogP contribution in [0.3, 0.4) is 0 Å². The average Bonchev–Trinajstić information content (AvgIpc) is 2.07. The molecule has 1 aliphatic rings. The van der Waals surface area contributed by atoms with Crippen molar-refractivity contribution in [2.24, 2.45) is 17.8 Å². The molecule has 86 valence electrons. The molecule has 0 aromatic carbocycles. The van der Waals surface area contributed by atoms with E-state index in [0.717, 1.165) is 0 Å². The highest BCUT2D eigenvalue weighted by Crippen LogP contribution is 2.43. The smallest absolute Gasteiger partial charge is 0.299 e. The van der Waals surface area contributed by atoms with Gasteiger partial charge in [0.15, 0.2) is 0 Å². The van der Waals surface area contributed by atoms with Crippen LogP contribution in [0.2, 0.25) is 0 Å². The third kappa shape index (κ3) is 2.58. The molecular formula is C10H13F3O2. The Bertz CT molecular complexity index is 281. The number of ketones is 2. The van der Waals surface area contributed by atoms with Crippen molar-refractivity contribution in [1.82, 2.24) is 0 Å². The zero-order valence-corrected chi connectivity index (χ0v) is 8.60. The number of Topliss-reactive ketones (excluding diaryl/α,β-unsaturated/α-hetero) is 2. The van der Waals surface area contributed by atoms with Gasteiger partial charge in [0.1, 0.15) is 17.5 Å². The molecule has 1 saturated carbocycles. The van der Waals surface area contributed by atoms with Gasteiger partial charge in [-0.15, -0.1) is 0 Å².